The van der Waals surface area contributed by atoms with Gasteiger partial charge in [-0.1, -0.05) is 66.2 Å². The van der Waals surface area contributed by atoms with Gasteiger partial charge in [0.25, 0.3) is 5.69 Å². The van der Waals surface area contributed by atoms with E-state index in [1.54, 1.807) is 30.2 Å². The summed E-state index contributed by atoms with van der Waals surface area (Å²) in [4.78, 5) is 32.7. The SMILES string of the molecule is CC(C)N1CCN(CCCNc2ccc(SNc3ncnc4cc(N5CCN(Cc6ccccc6-c6ccc(Cl)cc6)CC5)ccc34)cc2[N+](=O)[O-])CC1.CSc1ccccc1. The van der Waals surface area contributed by atoms with E-state index in [1.165, 1.54) is 33.5 Å². The Morgan fingerprint density at radius 1 is 0.790 bits per heavy atom. The third-order valence-corrected chi connectivity index (χ3v) is 13.2. The van der Waals surface area contributed by atoms with Crippen molar-refractivity contribution in [1.82, 2.24) is 24.7 Å². The molecule has 0 atom stereocenters. The van der Waals surface area contributed by atoms with E-state index in [1.807, 2.05) is 36.4 Å². The Morgan fingerprint density at radius 2 is 1.52 bits per heavy atom. The monoisotopic (exact) mass is 889 g/mol. The summed E-state index contributed by atoms with van der Waals surface area (Å²) in [5.74, 6) is 0.666. The van der Waals surface area contributed by atoms with Crippen LogP contribution in [0.3, 0.4) is 0 Å². The second kappa shape index (κ2) is 22.5. The highest BCUT2D eigenvalue weighted by Gasteiger charge is 2.21. The summed E-state index contributed by atoms with van der Waals surface area (Å²) in [6.45, 7) is 15.1. The molecular weight excluding hydrogens is 834 g/mol. The number of benzene rings is 5. The van der Waals surface area contributed by atoms with Crippen molar-refractivity contribution in [3.8, 4) is 11.1 Å². The number of nitro benzene ring substituents is 1. The van der Waals surface area contributed by atoms with Crippen LogP contribution in [0, 0.1) is 10.1 Å². The zero-order valence-corrected chi connectivity index (χ0v) is 38.1. The molecule has 0 amide bonds. The maximum absolute atomic E-state index is 12.0. The molecule has 0 spiro atoms. The Morgan fingerprint density at radius 3 is 2.23 bits per heavy atom. The normalized spacial score (nSPS) is 15.0. The van der Waals surface area contributed by atoms with E-state index in [-0.39, 0.29) is 10.6 Å². The number of nitrogens with zero attached hydrogens (tertiary/aromatic N) is 7. The van der Waals surface area contributed by atoms with Gasteiger partial charge in [-0.25, -0.2) is 9.97 Å². The van der Waals surface area contributed by atoms with Crippen molar-refractivity contribution in [3.63, 3.8) is 0 Å². The molecule has 8 rings (SSSR count). The van der Waals surface area contributed by atoms with E-state index >= 15 is 0 Å². The minimum absolute atomic E-state index is 0.0652. The van der Waals surface area contributed by atoms with E-state index in [4.69, 9.17) is 11.6 Å². The quantitative estimate of drug-likeness (QED) is 0.0337. The Labute approximate surface area is 379 Å². The van der Waals surface area contributed by atoms with Crippen LogP contribution in [0.15, 0.2) is 131 Å². The summed E-state index contributed by atoms with van der Waals surface area (Å²) in [6, 6.07) is 39.2. The van der Waals surface area contributed by atoms with Gasteiger partial charge in [0, 0.05) is 103 Å². The van der Waals surface area contributed by atoms with Crippen LogP contribution in [-0.4, -0.2) is 107 Å². The second-order valence-electron chi connectivity index (χ2n) is 15.8. The molecule has 1 aromatic heterocycles. The molecule has 0 bridgehead atoms. The highest BCUT2D eigenvalue weighted by Crippen LogP contribution is 2.33. The lowest BCUT2D eigenvalue weighted by atomic mass is 9.99. The molecule has 0 unspecified atom stereocenters. The lowest BCUT2D eigenvalue weighted by molar-refractivity contribution is -0.384. The number of fused-ring (bicyclic) bond motifs is 1. The van der Waals surface area contributed by atoms with Crippen molar-refractivity contribution in [2.75, 3.05) is 86.6 Å². The molecule has 2 aliphatic heterocycles. The molecule has 324 valence electrons. The van der Waals surface area contributed by atoms with Crippen molar-refractivity contribution in [3.05, 3.63) is 142 Å². The summed E-state index contributed by atoms with van der Waals surface area (Å²) in [6.07, 6.45) is 4.57. The van der Waals surface area contributed by atoms with E-state index in [9.17, 15) is 10.1 Å². The van der Waals surface area contributed by atoms with Gasteiger partial charge in [-0.3, -0.25) is 19.9 Å². The largest absolute Gasteiger partial charge is 0.379 e. The number of nitrogens with one attached hydrogen (secondary N) is 2. The van der Waals surface area contributed by atoms with Gasteiger partial charge in [-0.05, 0) is 116 Å². The molecule has 2 N–H and O–H groups in total. The molecule has 2 fully saturated rings. The Balaban J connectivity index is 0.000000650. The minimum atomic E-state index is -0.320. The van der Waals surface area contributed by atoms with Crippen LogP contribution in [0.25, 0.3) is 22.0 Å². The lowest BCUT2D eigenvalue weighted by Crippen LogP contribution is -2.49. The third-order valence-electron chi connectivity index (χ3n) is 11.4. The van der Waals surface area contributed by atoms with Crippen molar-refractivity contribution < 1.29 is 4.92 Å². The van der Waals surface area contributed by atoms with E-state index in [2.05, 4.69) is 126 Å². The van der Waals surface area contributed by atoms with Crippen LogP contribution < -0.4 is 14.9 Å². The maximum atomic E-state index is 12.0. The van der Waals surface area contributed by atoms with Crippen molar-refractivity contribution in [2.45, 2.75) is 42.6 Å². The van der Waals surface area contributed by atoms with Gasteiger partial charge in [0.05, 0.1) is 10.4 Å². The van der Waals surface area contributed by atoms with Gasteiger partial charge in [-0.2, -0.15) is 0 Å². The lowest BCUT2D eigenvalue weighted by Gasteiger charge is -2.36. The molecular formula is C48H56ClN9O2S2. The number of piperazine rings is 2. The predicted molar refractivity (Wildman–Crippen MR) is 261 cm³/mol. The Bertz CT molecular complexity index is 2360. The first kappa shape index (κ1) is 45.1. The number of rotatable bonds is 15. The molecule has 2 aliphatic rings. The van der Waals surface area contributed by atoms with Crippen LogP contribution in [0.2, 0.25) is 5.02 Å². The average molecular weight is 891 g/mol. The van der Waals surface area contributed by atoms with Crippen LogP contribution in [0.5, 0.6) is 0 Å². The number of thioether (sulfide) groups is 1. The molecule has 0 radical (unpaired) electrons. The Kier molecular flexibility index (Phi) is 16.4. The molecule has 6 aromatic rings. The van der Waals surface area contributed by atoms with Crippen LogP contribution in [-0.2, 0) is 6.54 Å². The summed E-state index contributed by atoms with van der Waals surface area (Å²) in [5, 5.41) is 17.0. The van der Waals surface area contributed by atoms with Gasteiger partial charge in [0.2, 0.25) is 0 Å². The van der Waals surface area contributed by atoms with E-state index < -0.39 is 0 Å². The number of halogens is 1. The molecule has 14 heteroatoms. The van der Waals surface area contributed by atoms with Crippen LogP contribution in [0.4, 0.5) is 22.9 Å². The van der Waals surface area contributed by atoms with Crippen molar-refractivity contribution >= 4 is 69.1 Å². The van der Waals surface area contributed by atoms with Gasteiger partial charge >= 0.3 is 0 Å². The van der Waals surface area contributed by atoms with Crippen molar-refractivity contribution in [2.24, 2.45) is 0 Å². The zero-order chi connectivity index (χ0) is 43.3. The fourth-order valence-electron chi connectivity index (χ4n) is 7.87. The molecule has 0 aliphatic carbocycles. The molecule has 62 heavy (non-hydrogen) atoms. The smallest absolute Gasteiger partial charge is 0.293 e. The van der Waals surface area contributed by atoms with Gasteiger partial charge in [0.15, 0.2) is 0 Å². The van der Waals surface area contributed by atoms with E-state index in [0.29, 0.717) is 24.1 Å². The van der Waals surface area contributed by atoms with Gasteiger partial charge < -0.3 is 19.8 Å². The fourth-order valence-corrected chi connectivity index (χ4v) is 9.11. The first-order valence-corrected chi connectivity index (χ1v) is 23.7. The topological polar surface area (TPSA) is 106 Å². The summed E-state index contributed by atoms with van der Waals surface area (Å²) >= 11 is 9.22. The zero-order valence-electron chi connectivity index (χ0n) is 35.8. The van der Waals surface area contributed by atoms with Gasteiger partial charge in [-0.15, -0.1) is 11.8 Å². The first-order valence-electron chi connectivity index (χ1n) is 21.3. The number of hydrogen-bond donors (Lipinski definition) is 2. The number of anilines is 3. The third kappa shape index (κ3) is 12.4. The highest BCUT2D eigenvalue weighted by atomic mass is 35.5. The molecule has 0 saturated carbocycles. The fraction of sp³-hybridized carbons (Fsp3) is 0.333. The standard InChI is InChI=1S/C41H48ClN9O2S.C7H8S/c1-30(2)49-22-18-47(19-23-49)17-5-16-43-38-15-13-35(27-40(38)51(52)53)54-46-41-37-14-12-34(26-39(37)44-29-45-41)50-24-20-48(21-25-50)28-32-6-3-4-7-36(32)31-8-10-33(42)11-9-31;1-8-7-5-3-2-4-6-7/h3-4,6-15,26-27,29-30,43H,5,16-25,28H2,1-2H3,(H,44,45,46);2-6H,1H3. The van der Waals surface area contributed by atoms with E-state index in [0.717, 1.165) is 98.4 Å². The van der Waals surface area contributed by atoms with Crippen molar-refractivity contribution in [1.29, 1.82) is 0 Å². The van der Waals surface area contributed by atoms with Crippen LogP contribution in [0.1, 0.15) is 25.8 Å². The molecule has 5 aromatic carbocycles. The molecule has 3 heterocycles. The number of nitro groups is 1. The average Bonchev–Trinajstić information content (AvgIpc) is 3.31. The maximum Gasteiger partial charge on any atom is 0.293 e. The summed E-state index contributed by atoms with van der Waals surface area (Å²) < 4.78 is 3.32. The summed E-state index contributed by atoms with van der Waals surface area (Å²) in [5.41, 5.74) is 6.32. The van der Waals surface area contributed by atoms with Crippen LogP contribution >= 0.6 is 35.3 Å². The molecule has 11 nitrogen and oxygen atoms in total. The van der Waals surface area contributed by atoms with Gasteiger partial charge in [0.1, 0.15) is 17.8 Å². The number of hydrogen-bond acceptors (Lipinski definition) is 12. The predicted octanol–water partition coefficient (Wildman–Crippen LogP) is 10.5. The first-order chi connectivity index (χ1) is 30.2. The Hall–Kier alpha value is -4.89. The summed E-state index contributed by atoms with van der Waals surface area (Å²) in [7, 11) is 0. The number of aromatic nitrogens is 2. The molecule has 2 saturated heterocycles. The highest BCUT2D eigenvalue weighted by molar-refractivity contribution is 8.00. The minimum Gasteiger partial charge on any atom is -0.379 e. The second-order valence-corrected chi connectivity index (χ2v) is 18.0.